The zero-order chi connectivity index (χ0) is 17.7. The predicted octanol–water partition coefficient (Wildman–Crippen LogP) is 0.852. The van der Waals surface area contributed by atoms with Crippen LogP contribution in [0.5, 0.6) is 0 Å². The molecule has 8 heteroatoms. The molecule has 3 atom stereocenters. The van der Waals surface area contributed by atoms with Gasteiger partial charge in [0, 0.05) is 31.8 Å². The summed E-state index contributed by atoms with van der Waals surface area (Å²) in [7, 11) is 1.92. The van der Waals surface area contributed by atoms with Crippen molar-refractivity contribution in [2.75, 3.05) is 33.3 Å². The Bertz CT molecular complexity index is 514. The molecule has 0 unspecified atom stereocenters. The third-order valence-corrected chi connectivity index (χ3v) is 5.29. The number of carbonyl (C=O) groups is 3. The zero-order valence-corrected chi connectivity index (χ0v) is 15.0. The molecule has 2 aliphatic rings. The molecule has 2 saturated heterocycles. The fourth-order valence-corrected chi connectivity index (χ4v) is 4.25. The fraction of sp³-hybridized carbons (Fsp3) is 0.688. The highest BCUT2D eigenvalue weighted by Crippen LogP contribution is 2.28. The molecule has 134 valence electrons. The van der Waals surface area contributed by atoms with E-state index in [1.807, 2.05) is 11.9 Å². The third-order valence-electron chi connectivity index (χ3n) is 4.28. The summed E-state index contributed by atoms with van der Waals surface area (Å²) in [6.45, 7) is 7.08. The lowest BCUT2D eigenvalue weighted by Gasteiger charge is -2.24. The van der Waals surface area contributed by atoms with Crippen LogP contribution < -0.4 is 5.32 Å². The number of carbonyl (C=O) groups excluding carboxylic acids is 3. The van der Waals surface area contributed by atoms with Gasteiger partial charge in [-0.05, 0) is 19.9 Å². The van der Waals surface area contributed by atoms with Crippen LogP contribution in [0.4, 0.5) is 4.79 Å². The number of hydrogen-bond acceptors (Lipinski definition) is 6. The smallest absolute Gasteiger partial charge is 0.407 e. The van der Waals surface area contributed by atoms with Gasteiger partial charge in [0.2, 0.25) is 5.91 Å². The van der Waals surface area contributed by atoms with Gasteiger partial charge in [0.15, 0.2) is 5.12 Å². The molecule has 2 rings (SSSR count). The molecule has 0 spiro atoms. The first-order valence-electron chi connectivity index (χ1n) is 8.11. The first-order chi connectivity index (χ1) is 11.4. The van der Waals surface area contributed by atoms with E-state index < -0.39 is 6.09 Å². The molecule has 2 aliphatic heterocycles. The number of nitrogens with one attached hydrogen (secondary N) is 1. The van der Waals surface area contributed by atoms with Crippen LogP contribution in [0.1, 0.15) is 19.8 Å². The second-order valence-corrected chi connectivity index (χ2v) is 7.70. The highest BCUT2D eigenvalue weighted by molar-refractivity contribution is 8.14. The summed E-state index contributed by atoms with van der Waals surface area (Å²) in [5, 5.41) is 3.03. The van der Waals surface area contributed by atoms with Gasteiger partial charge in [0.05, 0.1) is 12.1 Å². The molecular weight excluding hydrogens is 330 g/mol. The molecule has 0 aromatic heterocycles. The molecule has 1 N–H and O–H groups in total. The lowest BCUT2D eigenvalue weighted by Crippen LogP contribution is -2.45. The highest BCUT2D eigenvalue weighted by atomic mass is 32.2. The average molecular weight is 355 g/mol. The van der Waals surface area contributed by atoms with E-state index >= 15 is 0 Å². The Labute approximate surface area is 146 Å². The number of nitrogens with zero attached hydrogens (tertiary/aromatic N) is 2. The van der Waals surface area contributed by atoms with Crippen molar-refractivity contribution in [3.63, 3.8) is 0 Å². The van der Waals surface area contributed by atoms with Crippen molar-refractivity contribution in [2.45, 2.75) is 37.1 Å². The van der Waals surface area contributed by atoms with Gasteiger partial charge in [-0.25, -0.2) is 4.79 Å². The summed E-state index contributed by atoms with van der Waals surface area (Å²) in [6, 6.07) is -0.270. The van der Waals surface area contributed by atoms with Crippen molar-refractivity contribution in [2.24, 2.45) is 0 Å². The standard InChI is InChI=1S/C16H25N3O4S/c1-4-7-23-16(22)17-12-5-6-19(9-12)15(21)14-8-13(10-18(14)3)24-11(2)20/h4,12-14H,1,5-10H2,2-3H3,(H,17,22)/t12-,13+,14+/m1/s1. The summed E-state index contributed by atoms with van der Waals surface area (Å²) < 4.78 is 4.90. The van der Waals surface area contributed by atoms with Crippen molar-refractivity contribution >= 4 is 28.9 Å². The minimum atomic E-state index is -0.481. The Balaban J connectivity index is 1.82. The maximum atomic E-state index is 12.7. The van der Waals surface area contributed by atoms with E-state index in [0.29, 0.717) is 19.5 Å². The summed E-state index contributed by atoms with van der Waals surface area (Å²) in [5.74, 6) is 0.0768. The van der Waals surface area contributed by atoms with Crippen LogP contribution in [0.2, 0.25) is 0 Å². The van der Waals surface area contributed by atoms with Crippen molar-refractivity contribution in [1.29, 1.82) is 0 Å². The lowest BCUT2D eigenvalue weighted by molar-refractivity contribution is -0.134. The Morgan fingerprint density at radius 1 is 1.38 bits per heavy atom. The van der Waals surface area contributed by atoms with E-state index in [4.69, 9.17) is 4.74 Å². The van der Waals surface area contributed by atoms with Crippen molar-refractivity contribution in [3.8, 4) is 0 Å². The molecule has 0 radical (unpaired) electrons. The SMILES string of the molecule is C=CCOC(=O)N[C@@H]1CCN(C(=O)[C@@H]2C[C@H](SC(C)=O)CN2C)C1. The van der Waals surface area contributed by atoms with E-state index in [2.05, 4.69) is 11.9 Å². The number of alkyl carbamates (subject to hydrolysis) is 1. The Morgan fingerprint density at radius 2 is 2.12 bits per heavy atom. The number of likely N-dealkylation sites (tertiary alicyclic amines) is 2. The quantitative estimate of drug-likeness (QED) is 0.737. The van der Waals surface area contributed by atoms with E-state index in [-0.39, 0.29) is 35.0 Å². The number of thioether (sulfide) groups is 1. The van der Waals surface area contributed by atoms with Crippen LogP contribution in [0.3, 0.4) is 0 Å². The predicted molar refractivity (Wildman–Crippen MR) is 92.8 cm³/mol. The molecular formula is C16H25N3O4S. The second kappa shape index (κ2) is 8.53. The number of ether oxygens (including phenoxy) is 1. The summed E-state index contributed by atoms with van der Waals surface area (Å²) in [5.41, 5.74) is 0. The van der Waals surface area contributed by atoms with E-state index in [9.17, 15) is 14.4 Å². The number of rotatable bonds is 5. The normalized spacial score (nSPS) is 27.1. The molecule has 0 bridgehead atoms. The van der Waals surface area contributed by atoms with Crippen LogP contribution in [-0.2, 0) is 14.3 Å². The van der Waals surface area contributed by atoms with Gasteiger partial charge in [-0.3, -0.25) is 14.5 Å². The monoisotopic (exact) mass is 355 g/mol. The van der Waals surface area contributed by atoms with Gasteiger partial charge in [-0.2, -0.15) is 0 Å². The topological polar surface area (TPSA) is 79.0 Å². The molecule has 0 aromatic carbocycles. The van der Waals surface area contributed by atoms with Gasteiger partial charge in [0.25, 0.3) is 0 Å². The lowest BCUT2D eigenvalue weighted by atomic mass is 10.2. The number of amides is 2. The maximum absolute atomic E-state index is 12.7. The minimum absolute atomic E-state index is 0.0768. The average Bonchev–Trinajstić information content (AvgIpc) is 3.10. The molecule has 2 amide bonds. The summed E-state index contributed by atoms with van der Waals surface area (Å²) >= 11 is 1.31. The Morgan fingerprint density at radius 3 is 2.79 bits per heavy atom. The van der Waals surface area contributed by atoms with Gasteiger partial charge >= 0.3 is 6.09 Å². The minimum Gasteiger partial charge on any atom is -0.445 e. The largest absolute Gasteiger partial charge is 0.445 e. The Hall–Kier alpha value is -1.54. The molecule has 24 heavy (non-hydrogen) atoms. The van der Waals surface area contributed by atoms with Gasteiger partial charge in [-0.15, -0.1) is 0 Å². The van der Waals surface area contributed by atoms with Gasteiger partial charge in [0.1, 0.15) is 6.61 Å². The first kappa shape index (κ1) is 18.8. The molecule has 0 aromatic rings. The third kappa shape index (κ3) is 4.98. The van der Waals surface area contributed by atoms with Crippen LogP contribution in [-0.4, -0.2) is 77.5 Å². The second-order valence-electron chi connectivity index (χ2n) is 6.22. The van der Waals surface area contributed by atoms with Crippen LogP contribution in [0, 0.1) is 0 Å². The van der Waals surface area contributed by atoms with Crippen LogP contribution >= 0.6 is 11.8 Å². The highest BCUT2D eigenvalue weighted by Gasteiger charge is 2.39. The maximum Gasteiger partial charge on any atom is 0.407 e. The van der Waals surface area contributed by atoms with Crippen molar-refractivity contribution < 1.29 is 19.1 Å². The zero-order valence-electron chi connectivity index (χ0n) is 14.2. The van der Waals surface area contributed by atoms with Gasteiger partial charge < -0.3 is 15.0 Å². The molecule has 7 nitrogen and oxygen atoms in total. The van der Waals surface area contributed by atoms with Crippen molar-refractivity contribution in [3.05, 3.63) is 12.7 Å². The first-order valence-corrected chi connectivity index (χ1v) is 8.99. The number of hydrogen-bond donors (Lipinski definition) is 1. The molecule has 0 aliphatic carbocycles. The molecule has 0 saturated carbocycles. The van der Waals surface area contributed by atoms with E-state index in [0.717, 1.165) is 13.0 Å². The summed E-state index contributed by atoms with van der Waals surface area (Å²) in [6.07, 6.45) is 2.44. The van der Waals surface area contributed by atoms with Gasteiger partial charge in [-0.1, -0.05) is 24.4 Å². The fourth-order valence-electron chi connectivity index (χ4n) is 3.19. The number of likely N-dealkylation sites (N-methyl/N-ethyl adjacent to an activating group) is 1. The summed E-state index contributed by atoms with van der Waals surface area (Å²) in [4.78, 5) is 39.3. The van der Waals surface area contributed by atoms with E-state index in [1.165, 1.54) is 17.8 Å². The molecule has 2 fully saturated rings. The van der Waals surface area contributed by atoms with Crippen molar-refractivity contribution in [1.82, 2.24) is 15.1 Å². The Kier molecular flexibility index (Phi) is 6.68. The molecule has 2 heterocycles. The van der Waals surface area contributed by atoms with Crippen LogP contribution in [0.15, 0.2) is 12.7 Å². The van der Waals surface area contributed by atoms with E-state index in [1.54, 1.807) is 11.8 Å². The van der Waals surface area contributed by atoms with Crippen LogP contribution in [0.25, 0.3) is 0 Å².